The third kappa shape index (κ3) is 3.86. The van der Waals surface area contributed by atoms with Crippen LogP contribution >= 0.6 is 0 Å². The van der Waals surface area contributed by atoms with Crippen LogP contribution < -0.4 is 5.32 Å². The number of hydrogen-bond acceptors (Lipinski definition) is 5. The van der Waals surface area contributed by atoms with E-state index in [0.717, 1.165) is 38.3 Å². The van der Waals surface area contributed by atoms with Gasteiger partial charge in [-0.2, -0.15) is 0 Å². The SMILES string of the molecule is Cc1cccc(NC(=O)COC(=O)[C@H](C(C)C)N2C(=O)[C@H]3C4c5ccccc5C(c5ccccc54)[C@@H]3C2=O)c1C. The third-order valence-electron chi connectivity index (χ3n) is 8.86. The molecular weight excluding hydrogens is 504 g/mol. The molecule has 0 spiro atoms. The smallest absolute Gasteiger partial charge is 0.330 e. The number of imide groups is 1. The van der Waals surface area contributed by atoms with Crippen molar-refractivity contribution in [2.45, 2.75) is 45.6 Å². The molecule has 7 rings (SSSR count). The molecule has 3 aromatic rings. The Morgan fingerprint density at radius 2 is 1.30 bits per heavy atom. The van der Waals surface area contributed by atoms with Crippen LogP contribution in [0, 0.1) is 31.6 Å². The first-order chi connectivity index (χ1) is 19.2. The van der Waals surface area contributed by atoms with Gasteiger partial charge in [-0.25, -0.2) is 4.79 Å². The molecule has 1 aliphatic heterocycles. The lowest BCUT2D eigenvalue weighted by atomic mass is 9.55. The van der Waals surface area contributed by atoms with Gasteiger partial charge in [0.1, 0.15) is 6.04 Å². The highest BCUT2D eigenvalue weighted by Crippen LogP contribution is 2.61. The van der Waals surface area contributed by atoms with Crippen LogP contribution in [0.3, 0.4) is 0 Å². The predicted octanol–water partition coefficient (Wildman–Crippen LogP) is 4.70. The number of carbonyl (C=O) groups excluding carboxylic acids is 4. The summed E-state index contributed by atoms with van der Waals surface area (Å²) in [4.78, 5) is 55.3. The number of aryl methyl sites for hydroxylation is 1. The first-order valence-corrected chi connectivity index (χ1v) is 13.8. The Labute approximate surface area is 233 Å². The summed E-state index contributed by atoms with van der Waals surface area (Å²) in [6.45, 7) is 6.90. The van der Waals surface area contributed by atoms with E-state index in [9.17, 15) is 19.2 Å². The minimum atomic E-state index is -1.12. The van der Waals surface area contributed by atoms with E-state index in [4.69, 9.17) is 4.74 Å². The van der Waals surface area contributed by atoms with Crippen molar-refractivity contribution in [1.29, 1.82) is 0 Å². The minimum absolute atomic E-state index is 0.254. The standard InChI is InChI=1S/C33H32N2O5/c1-17(2)30(33(39)40-16-25(36)34-24-15-9-10-18(3)19(24)4)35-31(37)28-26-20-11-5-6-12-21(20)27(29(28)32(35)38)23-14-8-7-13-22(23)26/h5-15,17,26-30H,16H2,1-4H3,(H,34,36)/t26?,27?,28-,29-,30-/m0/s1. The molecule has 0 saturated carbocycles. The van der Waals surface area contributed by atoms with E-state index in [2.05, 4.69) is 5.32 Å². The van der Waals surface area contributed by atoms with Gasteiger partial charge in [-0.05, 0) is 59.2 Å². The van der Waals surface area contributed by atoms with E-state index >= 15 is 0 Å². The number of carbonyl (C=O) groups is 4. The lowest BCUT2D eigenvalue weighted by Crippen LogP contribution is -2.49. The number of hydrogen-bond donors (Lipinski definition) is 1. The molecule has 0 unspecified atom stereocenters. The fraction of sp³-hybridized carbons (Fsp3) is 0.333. The number of amides is 3. The zero-order chi connectivity index (χ0) is 28.3. The Kier molecular flexibility index (Phi) is 6.32. The van der Waals surface area contributed by atoms with E-state index in [1.807, 2.05) is 74.5 Å². The summed E-state index contributed by atoms with van der Waals surface area (Å²) in [6, 6.07) is 20.5. The van der Waals surface area contributed by atoms with E-state index < -0.39 is 42.3 Å². The van der Waals surface area contributed by atoms with Gasteiger partial charge in [0.25, 0.3) is 5.91 Å². The zero-order valence-electron chi connectivity index (χ0n) is 23.0. The number of nitrogens with one attached hydrogen (secondary N) is 1. The van der Waals surface area contributed by atoms with Crippen molar-refractivity contribution < 1.29 is 23.9 Å². The highest BCUT2D eigenvalue weighted by atomic mass is 16.5. The van der Waals surface area contributed by atoms with Gasteiger partial charge in [-0.3, -0.25) is 19.3 Å². The average molecular weight is 537 g/mol. The van der Waals surface area contributed by atoms with Gasteiger partial charge < -0.3 is 10.1 Å². The van der Waals surface area contributed by atoms with Gasteiger partial charge in [-0.15, -0.1) is 0 Å². The molecule has 4 aliphatic rings. The number of ether oxygens (including phenoxy) is 1. The van der Waals surface area contributed by atoms with Crippen molar-refractivity contribution >= 4 is 29.4 Å². The number of anilines is 1. The van der Waals surface area contributed by atoms with Crippen LogP contribution in [0.5, 0.6) is 0 Å². The van der Waals surface area contributed by atoms with Crippen molar-refractivity contribution in [2.75, 3.05) is 11.9 Å². The fourth-order valence-corrected chi connectivity index (χ4v) is 6.95. The second kappa shape index (κ2) is 9.73. The molecule has 3 aliphatic carbocycles. The van der Waals surface area contributed by atoms with E-state index in [-0.39, 0.29) is 23.7 Å². The highest BCUT2D eigenvalue weighted by Gasteiger charge is 2.63. The van der Waals surface area contributed by atoms with Gasteiger partial charge >= 0.3 is 5.97 Å². The number of nitrogens with zero attached hydrogens (tertiary/aromatic N) is 1. The topological polar surface area (TPSA) is 92.8 Å². The Morgan fingerprint density at radius 1 is 0.800 bits per heavy atom. The minimum Gasteiger partial charge on any atom is -0.454 e. The molecule has 7 nitrogen and oxygen atoms in total. The zero-order valence-corrected chi connectivity index (χ0v) is 23.0. The molecule has 2 bridgehead atoms. The second-order valence-electron chi connectivity index (χ2n) is 11.4. The largest absolute Gasteiger partial charge is 0.454 e. The Morgan fingerprint density at radius 3 is 1.77 bits per heavy atom. The molecule has 1 N–H and O–H groups in total. The van der Waals surface area contributed by atoms with Crippen LogP contribution in [0.25, 0.3) is 0 Å². The van der Waals surface area contributed by atoms with Gasteiger partial charge in [-0.1, -0.05) is 74.5 Å². The van der Waals surface area contributed by atoms with Crippen molar-refractivity contribution in [3.8, 4) is 0 Å². The van der Waals surface area contributed by atoms with Crippen LogP contribution in [0.1, 0.15) is 59.1 Å². The third-order valence-corrected chi connectivity index (χ3v) is 8.86. The van der Waals surface area contributed by atoms with Gasteiger partial charge in [0.05, 0.1) is 11.8 Å². The Hall–Kier alpha value is -4.26. The Bertz CT molecular complexity index is 1440. The van der Waals surface area contributed by atoms with Crippen LogP contribution in [0.15, 0.2) is 66.7 Å². The molecule has 204 valence electrons. The van der Waals surface area contributed by atoms with E-state index in [0.29, 0.717) is 5.69 Å². The quantitative estimate of drug-likeness (QED) is 0.364. The average Bonchev–Trinajstić information content (AvgIpc) is 3.20. The molecule has 3 atom stereocenters. The first kappa shape index (κ1) is 26.0. The van der Waals surface area contributed by atoms with E-state index in [1.54, 1.807) is 19.9 Å². The van der Waals surface area contributed by atoms with Crippen LogP contribution in [0.2, 0.25) is 0 Å². The summed E-state index contributed by atoms with van der Waals surface area (Å²) in [7, 11) is 0. The summed E-state index contributed by atoms with van der Waals surface area (Å²) >= 11 is 0. The van der Waals surface area contributed by atoms with Crippen LogP contribution in [-0.2, 0) is 23.9 Å². The lowest BCUT2D eigenvalue weighted by molar-refractivity contribution is -0.162. The molecule has 3 aromatic carbocycles. The monoisotopic (exact) mass is 536 g/mol. The molecule has 0 aromatic heterocycles. The number of likely N-dealkylation sites (tertiary alicyclic amines) is 1. The highest BCUT2D eigenvalue weighted by molar-refractivity contribution is 6.10. The van der Waals surface area contributed by atoms with Crippen molar-refractivity contribution in [3.63, 3.8) is 0 Å². The molecule has 0 radical (unpaired) electrons. The fourth-order valence-electron chi connectivity index (χ4n) is 6.95. The molecule has 40 heavy (non-hydrogen) atoms. The summed E-state index contributed by atoms with van der Waals surface area (Å²) in [5.41, 5.74) is 6.88. The molecule has 7 heteroatoms. The van der Waals surface area contributed by atoms with Crippen molar-refractivity contribution in [1.82, 2.24) is 4.90 Å². The Balaban J connectivity index is 1.26. The summed E-state index contributed by atoms with van der Waals surface area (Å²) in [6.07, 6.45) is 0. The molecular formula is C33H32N2O5. The first-order valence-electron chi connectivity index (χ1n) is 13.8. The summed E-state index contributed by atoms with van der Waals surface area (Å²) in [5, 5.41) is 2.78. The number of esters is 1. The molecule has 3 amide bonds. The maximum absolute atomic E-state index is 14.1. The van der Waals surface area contributed by atoms with Gasteiger partial charge in [0, 0.05) is 17.5 Å². The van der Waals surface area contributed by atoms with Crippen molar-refractivity contribution in [2.24, 2.45) is 17.8 Å². The molecule has 1 saturated heterocycles. The number of benzene rings is 3. The summed E-state index contributed by atoms with van der Waals surface area (Å²) in [5.74, 6) is -3.99. The maximum Gasteiger partial charge on any atom is 0.330 e. The van der Waals surface area contributed by atoms with Gasteiger partial charge in [0.2, 0.25) is 11.8 Å². The van der Waals surface area contributed by atoms with Gasteiger partial charge in [0.15, 0.2) is 6.61 Å². The lowest BCUT2D eigenvalue weighted by Gasteiger charge is -2.45. The van der Waals surface area contributed by atoms with E-state index in [1.165, 1.54) is 0 Å². The second-order valence-corrected chi connectivity index (χ2v) is 11.4. The molecule has 1 fully saturated rings. The van der Waals surface area contributed by atoms with Crippen LogP contribution in [0.4, 0.5) is 5.69 Å². The number of rotatable bonds is 6. The maximum atomic E-state index is 14.1. The summed E-state index contributed by atoms with van der Waals surface area (Å²) < 4.78 is 5.43. The predicted molar refractivity (Wildman–Crippen MR) is 150 cm³/mol. The molecule has 1 heterocycles. The van der Waals surface area contributed by atoms with Crippen molar-refractivity contribution in [3.05, 3.63) is 100 Å². The van der Waals surface area contributed by atoms with Crippen LogP contribution in [-0.4, -0.2) is 41.2 Å². The normalized spacial score (nSPS) is 23.0.